The third kappa shape index (κ3) is 8.65. The van der Waals surface area contributed by atoms with E-state index in [-0.39, 0.29) is 24.0 Å². The Kier molecular flexibility index (Phi) is 14.8. The third-order valence-corrected chi connectivity index (χ3v) is 14.2. The molecule has 20 atom stereocenters. The number of methoxy groups -OCH3 is 2. The fourth-order valence-corrected chi connectivity index (χ4v) is 10.6. The highest BCUT2D eigenvalue weighted by Gasteiger charge is 2.56. The van der Waals surface area contributed by atoms with Gasteiger partial charge in [-0.15, -0.1) is 13.2 Å². The van der Waals surface area contributed by atoms with Gasteiger partial charge in [0, 0.05) is 46.2 Å². The predicted molar refractivity (Wildman–Crippen MR) is 228 cm³/mol. The average molecular weight is 959 g/mol. The van der Waals surface area contributed by atoms with E-state index in [0.29, 0.717) is 22.2 Å². The smallest absolute Gasteiger partial charge is 0.337 e. The molecule has 0 bridgehead atoms. The lowest BCUT2D eigenvalue weighted by Crippen LogP contribution is -2.60. The van der Waals surface area contributed by atoms with Gasteiger partial charge in [0.2, 0.25) is 12.6 Å². The number of benzene rings is 1. The fraction of sp³-hybridized carbons (Fsp3) is 0.587. The topological polar surface area (TPSA) is 315 Å². The Labute approximate surface area is 389 Å². The molecule has 3 fully saturated rings. The zero-order valence-corrected chi connectivity index (χ0v) is 37.3. The number of hydrogen-bond donors (Lipinski definition) is 9. The maximum absolute atomic E-state index is 14.4. The maximum atomic E-state index is 14.4. The van der Waals surface area contributed by atoms with E-state index >= 15 is 0 Å². The molecule has 0 spiro atoms. The number of H-pyrrole nitrogens is 1. The molecule has 22 heteroatoms. The summed E-state index contributed by atoms with van der Waals surface area (Å²) in [5, 5.41) is 83.5. The van der Waals surface area contributed by atoms with E-state index in [4.69, 9.17) is 42.6 Å². The SMILES string of the molecule is C=CC1C(OC2OC(CO)C(O)C(O)C2O)OC=C(C(=O)OC)C1CC1c2[nH]c3ccccc3c2C(C2CC3C(=COC(OC4OC(CO)C(O)C(O)C4O)C3C=C)C(=O)O2)C(C(=O)OC)N1C. The number of fused-ring (bicyclic) bond motifs is 4. The van der Waals surface area contributed by atoms with Gasteiger partial charge >= 0.3 is 17.9 Å². The highest BCUT2D eigenvalue weighted by atomic mass is 16.8. The van der Waals surface area contributed by atoms with Crippen LogP contribution in [0.25, 0.3) is 10.9 Å². The van der Waals surface area contributed by atoms with Gasteiger partial charge in [0.1, 0.15) is 61.0 Å². The molecule has 9 N–H and O–H groups in total. The van der Waals surface area contributed by atoms with Crippen LogP contribution in [0.3, 0.4) is 0 Å². The molecule has 1 aromatic heterocycles. The molecule has 0 aliphatic carbocycles. The lowest BCUT2D eigenvalue weighted by Gasteiger charge is -2.49. The second-order valence-electron chi connectivity index (χ2n) is 17.7. The molecule has 7 heterocycles. The lowest BCUT2D eigenvalue weighted by atomic mass is 9.70. The molecular weight excluding hydrogens is 901 g/mol. The number of rotatable bonds is 13. The van der Waals surface area contributed by atoms with Crippen molar-refractivity contribution in [3.05, 3.63) is 84.5 Å². The monoisotopic (exact) mass is 958 g/mol. The van der Waals surface area contributed by atoms with E-state index in [0.717, 1.165) is 6.26 Å². The number of nitrogens with one attached hydrogen (secondary N) is 1. The quantitative estimate of drug-likeness (QED) is 0.0634. The molecule has 3 saturated heterocycles. The number of carbonyl (C=O) groups excluding carboxylic acids is 3. The van der Waals surface area contributed by atoms with Crippen molar-refractivity contribution in [1.29, 1.82) is 0 Å². The largest absolute Gasteiger partial charge is 0.471 e. The highest BCUT2D eigenvalue weighted by Crippen LogP contribution is 2.53. The van der Waals surface area contributed by atoms with Crippen molar-refractivity contribution in [3.63, 3.8) is 0 Å². The summed E-state index contributed by atoms with van der Waals surface area (Å²) in [7, 11) is 4.13. The molecule has 0 amide bonds. The van der Waals surface area contributed by atoms with Gasteiger partial charge in [0.25, 0.3) is 0 Å². The van der Waals surface area contributed by atoms with Crippen LogP contribution < -0.4 is 0 Å². The van der Waals surface area contributed by atoms with Gasteiger partial charge < -0.3 is 88.5 Å². The summed E-state index contributed by atoms with van der Waals surface area (Å²) < 4.78 is 51.9. The molecule has 372 valence electrons. The van der Waals surface area contributed by atoms with Gasteiger partial charge in [-0.2, -0.15) is 0 Å². The normalized spacial score (nSPS) is 40.5. The van der Waals surface area contributed by atoms with Crippen LogP contribution in [0.1, 0.15) is 36.1 Å². The first kappa shape index (κ1) is 49.6. The van der Waals surface area contributed by atoms with E-state index < -0.39 is 153 Å². The number of para-hydroxylation sites is 1. The lowest BCUT2D eigenvalue weighted by molar-refractivity contribution is -0.339. The second-order valence-corrected chi connectivity index (χ2v) is 17.7. The van der Waals surface area contributed by atoms with Crippen LogP contribution in [0.2, 0.25) is 0 Å². The molecule has 8 rings (SSSR count). The number of aromatic nitrogens is 1. The Morgan fingerprint density at radius 1 is 0.809 bits per heavy atom. The van der Waals surface area contributed by atoms with Crippen molar-refractivity contribution in [3.8, 4) is 0 Å². The minimum absolute atomic E-state index is 0.0544. The van der Waals surface area contributed by atoms with Crippen LogP contribution in [-0.4, -0.2) is 189 Å². The molecule has 2 aromatic rings. The zero-order valence-electron chi connectivity index (χ0n) is 37.3. The summed E-state index contributed by atoms with van der Waals surface area (Å²) in [6.07, 6.45) is -14.1. The number of aromatic amines is 1. The average Bonchev–Trinajstić information content (AvgIpc) is 3.73. The number of esters is 3. The number of nitrogens with zero attached hydrogens (tertiary/aromatic N) is 1. The Morgan fingerprint density at radius 3 is 1.97 bits per heavy atom. The van der Waals surface area contributed by atoms with Gasteiger partial charge in [0.05, 0.1) is 57.1 Å². The Balaban J connectivity index is 1.15. The summed E-state index contributed by atoms with van der Waals surface area (Å²) in [5.41, 5.74) is 2.13. The van der Waals surface area contributed by atoms with Crippen LogP contribution >= 0.6 is 0 Å². The van der Waals surface area contributed by atoms with Gasteiger partial charge in [-0.3, -0.25) is 9.69 Å². The first-order chi connectivity index (χ1) is 32.6. The van der Waals surface area contributed by atoms with Gasteiger partial charge in [-0.25, -0.2) is 9.59 Å². The number of carbonyl (C=O) groups is 3. The summed E-state index contributed by atoms with van der Waals surface area (Å²) in [4.78, 5) is 47.3. The van der Waals surface area contributed by atoms with E-state index in [1.54, 1.807) is 11.9 Å². The number of aliphatic hydroxyl groups excluding tert-OH is 8. The van der Waals surface area contributed by atoms with Crippen molar-refractivity contribution < 1.29 is 97.9 Å². The van der Waals surface area contributed by atoms with Gasteiger partial charge in [0.15, 0.2) is 12.6 Å². The number of cyclic esters (lactones) is 1. The minimum Gasteiger partial charge on any atom is -0.471 e. The first-order valence-corrected chi connectivity index (χ1v) is 22.2. The first-order valence-electron chi connectivity index (χ1n) is 22.2. The Bertz CT molecular complexity index is 2260. The summed E-state index contributed by atoms with van der Waals surface area (Å²) in [6, 6.07) is 5.48. The molecule has 22 nitrogen and oxygen atoms in total. The van der Waals surface area contributed by atoms with Crippen molar-refractivity contribution in [2.24, 2.45) is 23.7 Å². The Hall–Kier alpha value is -4.79. The summed E-state index contributed by atoms with van der Waals surface area (Å²) in [6.45, 7) is 6.59. The van der Waals surface area contributed by atoms with Gasteiger partial charge in [-0.05, 0) is 31.5 Å². The van der Waals surface area contributed by atoms with Crippen LogP contribution in [0.5, 0.6) is 0 Å². The minimum atomic E-state index is -1.77. The molecular formula is C46H58N2O20. The molecule has 20 unspecified atom stereocenters. The molecule has 6 aliphatic heterocycles. The molecule has 68 heavy (non-hydrogen) atoms. The molecule has 0 radical (unpaired) electrons. The third-order valence-electron chi connectivity index (χ3n) is 14.2. The summed E-state index contributed by atoms with van der Waals surface area (Å²) in [5.74, 6) is -6.32. The molecule has 0 saturated carbocycles. The number of ether oxygens (including phenoxy) is 9. The van der Waals surface area contributed by atoms with Crippen molar-refractivity contribution in [2.75, 3.05) is 34.5 Å². The summed E-state index contributed by atoms with van der Waals surface area (Å²) >= 11 is 0. The molecule has 6 aliphatic rings. The van der Waals surface area contributed by atoms with Crippen LogP contribution in [0.4, 0.5) is 0 Å². The number of likely N-dealkylation sites (N-methyl/N-ethyl adjacent to an activating group) is 1. The van der Waals surface area contributed by atoms with Crippen molar-refractivity contribution in [2.45, 2.75) is 111 Å². The van der Waals surface area contributed by atoms with Crippen LogP contribution in [0.15, 0.2) is 73.2 Å². The van der Waals surface area contributed by atoms with Crippen molar-refractivity contribution in [1.82, 2.24) is 9.88 Å². The van der Waals surface area contributed by atoms with Crippen molar-refractivity contribution >= 4 is 28.8 Å². The highest BCUT2D eigenvalue weighted by molar-refractivity contribution is 5.92. The number of aliphatic hydroxyl groups is 8. The predicted octanol–water partition coefficient (Wildman–Crippen LogP) is -1.39. The van der Waals surface area contributed by atoms with E-state index in [2.05, 4.69) is 18.1 Å². The number of hydrogen-bond acceptors (Lipinski definition) is 21. The van der Waals surface area contributed by atoms with E-state index in [1.807, 2.05) is 24.3 Å². The van der Waals surface area contributed by atoms with E-state index in [9.17, 15) is 55.2 Å². The van der Waals surface area contributed by atoms with Gasteiger partial charge in [-0.1, -0.05) is 30.4 Å². The van der Waals surface area contributed by atoms with Crippen LogP contribution in [0, 0.1) is 23.7 Å². The maximum Gasteiger partial charge on any atom is 0.337 e. The van der Waals surface area contributed by atoms with E-state index in [1.165, 1.54) is 32.6 Å². The fourth-order valence-electron chi connectivity index (χ4n) is 10.6. The molecule has 1 aromatic carbocycles. The van der Waals surface area contributed by atoms with Crippen LogP contribution in [-0.2, 0) is 57.0 Å². The second kappa shape index (κ2) is 20.3. The standard InChI is InChI=1S/C46H58N2O20/c1-6-18-21(23(40(57)60-4)16-62-43(18)67-45-38(55)36(53)34(51)28(14-49)65-45)12-26-32-30(20-10-8-9-11-25(20)47-32)31(33(48(26)3)42(59)61-5)27-13-22-19(7-2)44(63-17-24(22)41(58)64-27)68-46-39(56)37(54)35(52)29(15-50)66-46/h6-11,16-19,21-22,26-29,31,33-39,43-47,49-56H,1-2,12-15H2,3-5H3. The Morgan fingerprint density at radius 2 is 1.40 bits per heavy atom. The zero-order chi connectivity index (χ0) is 48.9.